The van der Waals surface area contributed by atoms with Crippen molar-refractivity contribution in [1.29, 1.82) is 0 Å². The maximum absolute atomic E-state index is 10.9. The van der Waals surface area contributed by atoms with Crippen molar-refractivity contribution in [2.45, 2.75) is 39.7 Å². The fraction of sp³-hybridized carbons (Fsp3) is 1.00. The summed E-state index contributed by atoms with van der Waals surface area (Å²) in [7, 11) is -2.84. The maximum atomic E-state index is 10.9. The average molecular weight is 221 g/mol. The van der Waals surface area contributed by atoms with E-state index in [0.717, 1.165) is 18.9 Å². The fourth-order valence-corrected chi connectivity index (χ4v) is 2.40. The van der Waals surface area contributed by atoms with Crippen LogP contribution in [-0.4, -0.2) is 33.0 Å². The van der Waals surface area contributed by atoms with Gasteiger partial charge in [-0.25, -0.2) is 8.42 Å². The third kappa shape index (κ3) is 9.99. The van der Waals surface area contributed by atoms with E-state index in [1.807, 2.05) is 6.92 Å². The summed E-state index contributed by atoms with van der Waals surface area (Å²) < 4.78 is 21.9. The van der Waals surface area contributed by atoms with Gasteiger partial charge in [-0.15, -0.1) is 0 Å². The Morgan fingerprint density at radius 3 is 2.21 bits per heavy atom. The molecule has 0 fully saturated rings. The zero-order valence-electron chi connectivity index (χ0n) is 9.71. The van der Waals surface area contributed by atoms with Crippen molar-refractivity contribution in [2.24, 2.45) is 5.92 Å². The van der Waals surface area contributed by atoms with E-state index in [9.17, 15) is 8.42 Å². The highest BCUT2D eigenvalue weighted by molar-refractivity contribution is 7.90. The van der Waals surface area contributed by atoms with Gasteiger partial charge in [0.2, 0.25) is 0 Å². The molecule has 0 aromatic rings. The molecular formula is C10H23NO2S. The Morgan fingerprint density at radius 2 is 1.79 bits per heavy atom. The summed E-state index contributed by atoms with van der Waals surface area (Å²) in [4.78, 5) is 0. The van der Waals surface area contributed by atoms with Crippen LogP contribution >= 0.6 is 0 Å². The van der Waals surface area contributed by atoms with Crippen LogP contribution in [0.2, 0.25) is 0 Å². The van der Waals surface area contributed by atoms with E-state index in [4.69, 9.17) is 0 Å². The molecule has 0 aliphatic rings. The molecule has 1 atom stereocenters. The van der Waals surface area contributed by atoms with E-state index >= 15 is 0 Å². The third-order valence-corrected chi connectivity index (χ3v) is 3.11. The molecule has 14 heavy (non-hydrogen) atoms. The quantitative estimate of drug-likeness (QED) is 0.662. The molecule has 0 spiro atoms. The molecule has 0 aromatic carbocycles. The minimum absolute atomic E-state index is 0.0668. The number of hydrogen-bond acceptors (Lipinski definition) is 3. The first-order valence-electron chi connectivity index (χ1n) is 5.22. The minimum atomic E-state index is -2.84. The van der Waals surface area contributed by atoms with Gasteiger partial charge in [-0.1, -0.05) is 13.8 Å². The molecule has 1 N–H and O–H groups in total. The second-order valence-electron chi connectivity index (χ2n) is 4.48. The van der Waals surface area contributed by atoms with Gasteiger partial charge in [0, 0.05) is 12.3 Å². The summed E-state index contributed by atoms with van der Waals surface area (Å²) in [5.74, 6) is 0.955. The van der Waals surface area contributed by atoms with Crippen LogP contribution in [0.15, 0.2) is 0 Å². The highest BCUT2D eigenvalue weighted by atomic mass is 32.2. The summed E-state index contributed by atoms with van der Waals surface area (Å²) in [5.41, 5.74) is 0. The number of nitrogens with one attached hydrogen (secondary N) is 1. The average Bonchev–Trinajstić information content (AvgIpc) is 1.94. The van der Waals surface area contributed by atoms with Crippen molar-refractivity contribution >= 4 is 9.84 Å². The molecule has 0 amide bonds. The summed E-state index contributed by atoms with van der Waals surface area (Å²) in [6.07, 6.45) is 3.59. The van der Waals surface area contributed by atoms with Gasteiger partial charge in [0.1, 0.15) is 9.84 Å². The number of hydrogen-bond donors (Lipinski definition) is 1. The van der Waals surface area contributed by atoms with Crippen molar-refractivity contribution in [3.8, 4) is 0 Å². The summed E-state index contributed by atoms with van der Waals surface area (Å²) >= 11 is 0. The van der Waals surface area contributed by atoms with E-state index in [-0.39, 0.29) is 11.8 Å². The Bertz CT molecular complexity index is 235. The zero-order chi connectivity index (χ0) is 11.2. The predicted octanol–water partition coefficient (Wildman–Crippen LogP) is 1.45. The molecule has 0 heterocycles. The zero-order valence-corrected chi connectivity index (χ0v) is 10.5. The Kier molecular flexibility index (Phi) is 6.36. The second kappa shape index (κ2) is 6.40. The highest BCUT2D eigenvalue weighted by Crippen LogP contribution is 2.02. The Morgan fingerprint density at radius 1 is 1.21 bits per heavy atom. The summed E-state index contributed by atoms with van der Waals surface area (Å²) in [6, 6.07) is 0.0668. The SMILES string of the molecule is CC(C)CCCNC(C)CS(C)(=O)=O. The summed E-state index contributed by atoms with van der Waals surface area (Å²) in [6.45, 7) is 7.21. The molecular weight excluding hydrogens is 198 g/mol. The largest absolute Gasteiger partial charge is 0.313 e. The normalized spacial score (nSPS) is 14.6. The monoisotopic (exact) mass is 221 g/mol. The maximum Gasteiger partial charge on any atom is 0.148 e. The van der Waals surface area contributed by atoms with Crippen LogP contribution in [-0.2, 0) is 9.84 Å². The fourth-order valence-electron chi connectivity index (χ4n) is 1.37. The van der Waals surface area contributed by atoms with Gasteiger partial charge in [0.15, 0.2) is 0 Å². The molecule has 0 aromatic heterocycles. The standard InChI is InChI=1S/C10H23NO2S/c1-9(2)6-5-7-11-10(3)8-14(4,12)13/h9-11H,5-8H2,1-4H3. The lowest BCUT2D eigenvalue weighted by Gasteiger charge is -2.12. The lowest BCUT2D eigenvalue weighted by Crippen LogP contribution is -2.33. The molecule has 0 radical (unpaired) electrons. The van der Waals surface area contributed by atoms with Crippen LogP contribution in [0.3, 0.4) is 0 Å². The van der Waals surface area contributed by atoms with E-state index in [1.165, 1.54) is 12.7 Å². The topological polar surface area (TPSA) is 46.2 Å². The Balaban J connectivity index is 3.50. The first kappa shape index (κ1) is 13.9. The van der Waals surface area contributed by atoms with Crippen LogP contribution in [0.1, 0.15) is 33.6 Å². The first-order chi connectivity index (χ1) is 6.31. The first-order valence-corrected chi connectivity index (χ1v) is 7.28. The van der Waals surface area contributed by atoms with Crippen LogP contribution in [0.4, 0.5) is 0 Å². The second-order valence-corrected chi connectivity index (χ2v) is 6.67. The number of sulfone groups is 1. The van der Waals surface area contributed by atoms with E-state index < -0.39 is 9.84 Å². The van der Waals surface area contributed by atoms with Gasteiger partial charge in [-0.2, -0.15) is 0 Å². The molecule has 0 aliphatic heterocycles. The molecule has 0 aliphatic carbocycles. The van der Waals surface area contributed by atoms with Crippen molar-refractivity contribution in [2.75, 3.05) is 18.6 Å². The lowest BCUT2D eigenvalue weighted by atomic mass is 10.1. The van der Waals surface area contributed by atoms with Gasteiger partial charge < -0.3 is 5.32 Å². The third-order valence-electron chi connectivity index (χ3n) is 2.00. The van der Waals surface area contributed by atoms with E-state index in [2.05, 4.69) is 19.2 Å². The van der Waals surface area contributed by atoms with Gasteiger partial charge in [-0.05, 0) is 32.2 Å². The van der Waals surface area contributed by atoms with Crippen LogP contribution in [0, 0.1) is 5.92 Å². The van der Waals surface area contributed by atoms with Crippen LogP contribution < -0.4 is 5.32 Å². The van der Waals surface area contributed by atoms with Crippen LogP contribution in [0.25, 0.3) is 0 Å². The van der Waals surface area contributed by atoms with Crippen molar-refractivity contribution in [1.82, 2.24) is 5.32 Å². The molecule has 0 rings (SSSR count). The summed E-state index contributed by atoms with van der Waals surface area (Å²) in [5, 5.41) is 3.22. The Hall–Kier alpha value is -0.0900. The van der Waals surface area contributed by atoms with Crippen LogP contribution in [0.5, 0.6) is 0 Å². The van der Waals surface area contributed by atoms with Gasteiger partial charge in [0.05, 0.1) is 5.75 Å². The van der Waals surface area contributed by atoms with Gasteiger partial charge in [0.25, 0.3) is 0 Å². The predicted molar refractivity (Wildman–Crippen MR) is 61.2 cm³/mol. The molecule has 4 heteroatoms. The number of rotatable bonds is 7. The van der Waals surface area contributed by atoms with Crippen molar-refractivity contribution in [3.63, 3.8) is 0 Å². The lowest BCUT2D eigenvalue weighted by molar-refractivity contribution is 0.500. The van der Waals surface area contributed by atoms with E-state index in [0.29, 0.717) is 0 Å². The van der Waals surface area contributed by atoms with Crippen molar-refractivity contribution in [3.05, 3.63) is 0 Å². The molecule has 0 saturated heterocycles. The minimum Gasteiger partial charge on any atom is -0.313 e. The van der Waals surface area contributed by atoms with Crippen molar-refractivity contribution < 1.29 is 8.42 Å². The van der Waals surface area contributed by atoms with Gasteiger partial charge >= 0.3 is 0 Å². The molecule has 1 unspecified atom stereocenters. The Labute approximate surface area is 88.2 Å². The molecule has 0 bridgehead atoms. The smallest absolute Gasteiger partial charge is 0.148 e. The van der Waals surface area contributed by atoms with E-state index in [1.54, 1.807) is 0 Å². The van der Waals surface area contributed by atoms with Gasteiger partial charge in [-0.3, -0.25) is 0 Å². The molecule has 3 nitrogen and oxygen atoms in total. The molecule has 86 valence electrons. The molecule has 0 saturated carbocycles. The highest BCUT2D eigenvalue weighted by Gasteiger charge is 2.08.